The fourth-order valence-corrected chi connectivity index (χ4v) is 8.22. The van der Waals surface area contributed by atoms with Gasteiger partial charge in [-0.25, -0.2) is 0 Å². The number of rotatable bonds is 17. The van der Waals surface area contributed by atoms with Crippen LogP contribution in [0.3, 0.4) is 0 Å². The van der Waals surface area contributed by atoms with E-state index in [9.17, 15) is 24.3 Å². The number of likely N-dealkylation sites (tertiary alicyclic amines) is 1. The van der Waals surface area contributed by atoms with Gasteiger partial charge in [0.25, 0.3) is 0 Å². The highest BCUT2D eigenvalue weighted by Crippen LogP contribution is 2.60. The number of carbonyl (C=O) groups is 4. The van der Waals surface area contributed by atoms with Gasteiger partial charge in [-0.2, -0.15) is 0 Å². The Hall–Kier alpha value is -3.02. The van der Waals surface area contributed by atoms with E-state index in [1.807, 2.05) is 44.2 Å². The Morgan fingerprint density at radius 3 is 2.52 bits per heavy atom. The number of fused-ring (bicyclic) bond motifs is 1. The van der Waals surface area contributed by atoms with Gasteiger partial charge in [0.1, 0.15) is 17.7 Å². The largest absolute Gasteiger partial charge is 0.455 e. The standard InChI is InChI=1S/C35H48BrN3O7/c1-6-8-17-26(41)37-23(5)29(24-15-11-9-12-16-24)45-34(44)27-28-32(42)39(19-13-10-14-20-40)31(33(43)38(18-7-2)22(3)4)35(28)21-25(36)30(27)46-35/h6-7,9,11-12,15-16,22-23,25,27-31,40H,1-2,8,10,13-14,17-21H2,3-5H3,(H,37,41)/t23-,25?,27-,28+,29-,30-,31-,35+/m0/s1. The van der Waals surface area contributed by atoms with E-state index in [1.54, 1.807) is 28.9 Å². The Morgan fingerprint density at radius 1 is 1.17 bits per heavy atom. The van der Waals surface area contributed by atoms with Crippen LogP contribution in [0.25, 0.3) is 0 Å². The molecule has 46 heavy (non-hydrogen) atoms. The molecule has 3 fully saturated rings. The van der Waals surface area contributed by atoms with Gasteiger partial charge >= 0.3 is 5.97 Å². The molecule has 10 nitrogen and oxygen atoms in total. The molecule has 1 aromatic carbocycles. The maximum atomic E-state index is 14.4. The number of ether oxygens (including phenoxy) is 2. The van der Waals surface area contributed by atoms with E-state index >= 15 is 0 Å². The Labute approximate surface area is 280 Å². The number of hydrogen-bond donors (Lipinski definition) is 2. The van der Waals surface area contributed by atoms with Crippen LogP contribution in [0.15, 0.2) is 55.6 Å². The van der Waals surface area contributed by atoms with E-state index in [0.717, 1.165) is 0 Å². The van der Waals surface area contributed by atoms with Crippen LogP contribution in [0.2, 0.25) is 0 Å². The van der Waals surface area contributed by atoms with Gasteiger partial charge in [0.15, 0.2) is 0 Å². The summed E-state index contributed by atoms with van der Waals surface area (Å²) in [6.45, 7) is 13.8. The van der Waals surface area contributed by atoms with E-state index in [0.29, 0.717) is 50.8 Å². The molecular weight excluding hydrogens is 654 g/mol. The molecule has 2 bridgehead atoms. The zero-order valence-electron chi connectivity index (χ0n) is 27.1. The molecule has 11 heteroatoms. The summed E-state index contributed by atoms with van der Waals surface area (Å²) in [7, 11) is 0. The first-order valence-corrected chi connectivity index (χ1v) is 17.2. The SMILES string of the molecule is C=CCCC(=O)N[C@@H](C)[C@H](OC(=O)[C@@H]1[C@H]2O[C@@]3(CC2Br)[C@H](C(=O)N(CC=C)C(C)C)N(CCCCCO)C(=O)[C@@H]13)c1ccccc1. The first-order chi connectivity index (χ1) is 22.0. The van der Waals surface area contributed by atoms with Crippen LogP contribution >= 0.6 is 15.9 Å². The van der Waals surface area contributed by atoms with E-state index in [2.05, 4.69) is 34.4 Å². The van der Waals surface area contributed by atoms with Crippen LogP contribution in [-0.2, 0) is 28.7 Å². The third kappa shape index (κ3) is 7.11. The average Bonchev–Trinajstić information content (AvgIpc) is 3.62. The van der Waals surface area contributed by atoms with E-state index in [-0.39, 0.29) is 41.6 Å². The number of nitrogens with zero attached hydrogens (tertiary/aromatic N) is 2. The van der Waals surface area contributed by atoms with Gasteiger partial charge in [-0.1, -0.05) is 58.4 Å². The van der Waals surface area contributed by atoms with Crippen molar-refractivity contribution in [3.8, 4) is 0 Å². The lowest BCUT2D eigenvalue weighted by Crippen LogP contribution is -2.58. The molecule has 2 N–H and O–H groups in total. The molecule has 0 aromatic heterocycles. The molecule has 3 aliphatic rings. The number of alkyl halides is 1. The summed E-state index contributed by atoms with van der Waals surface area (Å²) in [6.07, 6.45) is 4.87. The summed E-state index contributed by atoms with van der Waals surface area (Å²) in [5.74, 6) is -3.18. The fourth-order valence-electron chi connectivity index (χ4n) is 7.28. The predicted molar refractivity (Wildman–Crippen MR) is 178 cm³/mol. The molecule has 0 saturated carbocycles. The van der Waals surface area contributed by atoms with Crippen molar-refractivity contribution in [3.05, 3.63) is 61.2 Å². The van der Waals surface area contributed by atoms with Crippen LogP contribution in [-0.4, -0.2) is 93.0 Å². The Balaban J connectivity index is 1.68. The van der Waals surface area contributed by atoms with Crippen LogP contribution in [0.1, 0.15) is 71.0 Å². The number of nitrogens with one attached hydrogen (secondary N) is 1. The topological polar surface area (TPSA) is 125 Å². The second kappa shape index (κ2) is 15.7. The first kappa shape index (κ1) is 35.8. The molecule has 1 unspecified atom stereocenters. The quantitative estimate of drug-likeness (QED) is 0.109. The van der Waals surface area contributed by atoms with Crippen molar-refractivity contribution in [2.45, 2.75) is 100 Å². The molecule has 252 valence electrons. The number of benzene rings is 1. The number of aliphatic hydroxyl groups is 1. The maximum Gasteiger partial charge on any atom is 0.313 e. The van der Waals surface area contributed by atoms with Crippen LogP contribution in [0.4, 0.5) is 0 Å². The number of aliphatic hydroxyl groups excluding tert-OH is 1. The van der Waals surface area contributed by atoms with Crippen LogP contribution < -0.4 is 5.32 Å². The van der Waals surface area contributed by atoms with Gasteiger partial charge in [0.2, 0.25) is 17.7 Å². The Morgan fingerprint density at radius 2 is 1.89 bits per heavy atom. The minimum absolute atomic E-state index is 0.0447. The van der Waals surface area contributed by atoms with Crippen molar-refractivity contribution in [1.29, 1.82) is 0 Å². The molecular formula is C35H48BrN3O7. The van der Waals surface area contributed by atoms with Gasteiger partial charge in [-0.05, 0) is 58.4 Å². The van der Waals surface area contributed by atoms with Gasteiger partial charge in [0, 0.05) is 37.0 Å². The number of carbonyl (C=O) groups excluding carboxylic acids is 4. The number of esters is 1. The summed E-state index contributed by atoms with van der Waals surface area (Å²) in [5.41, 5.74) is -0.510. The number of hydrogen-bond acceptors (Lipinski definition) is 7. The third-order valence-corrected chi connectivity index (χ3v) is 10.2. The summed E-state index contributed by atoms with van der Waals surface area (Å²) in [6, 6.07) is 7.56. The van der Waals surface area contributed by atoms with Crippen molar-refractivity contribution in [2.75, 3.05) is 19.7 Å². The number of halogens is 1. The molecule has 3 heterocycles. The molecule has 4 rings (SSSR count). The maximum absolute atomic E-state index is 14.4. The van der Waals surface area contributed by atoms with E-state index in [4.69, 9.17) is 9.47 Å². The minimum Gasteiger partial charge on any atom is -0.455 e. The number of allylic oxidation sites excluding steroid dienone is 1. The zero-order chi connectivity index (χ0) is 33.6. The van der Waals surface area contributed by atoms with Crippen molar-refractivity contribution >= 4 is 39.6 Å². The molecule has 3 aliphatic heterocycles. The molecule has 8 atom stereocenters. The van der Waals surface area contributed by atoms with Crippen LogP contribution in [0, 0.1) is 11.8 Å². The van der Waals surface area contributed by atoms with Crippen LogP contribution in [0.5, 0.6) is 0 Å². The summed E-state index contributed by atoms with van der Waals surface area (Å²) < 4.78 is 12.9. The molecule has 0 aliphatic carbocycles. The van der Waals surface area contributed by atoms with Gasteiger partial charge in [-0.15, -0.1) is 13.2 Å². The first-order valence-electron chi connectivity index (χ1n) is 16.3. The van der Waals surface area contributed by atoms with Crippen molar-refractivity contribution in [3.63, 3.8) is 0 Å². The van der Waals surface area contributed by atoms with E-state index in [1.165, 1.54) is 0 Å². The van der Waals surface area contributed by atoms with Gasteiger partial charge < -0.3 is 29.7 Å². The van der Waals surface area contributed by atoms with E-state index < -0.39 is 47.7 Å². The number of unbranched alkanes of at least 4 members (excludes halogenated alkanes) is 2. The summed E-state index contributed by atoms with van der Waals surface area (Å²) >= 11 is 3.72. The minimum atomic E-state index is -1.21. The second-order valence-electron chi connectivity index (χ2n) is 12.8. The molecule has 1 aromatic rings. The van der Waals surface area contributed by atoms with Crippen molar-refractivity contribution in [2.24, 2.45) is 11.8 Å². The third-order valence-electron chi connectivity index (χ3n) is 9.37. The molecule has 3 amide bonds. The zero-order valence-corrected chi connectivity index (χ0v) is 28.7. The van der Waals surface area contributed by atoms with Gasteiger partial charge in [0.05, 0.1) is 24.0 Å². The normalized spacial score (nSPS) is 27.7. The lowest BCUT2D eigenvalue weighted by atomic mass is 9.70. The average molecular weight is 703 g/mol. The highest BCUT2D eigenvalue weighted by atomic mass is 79.9. The smallest absolute Gasteiger partial charge is 0.313 e. The predicted octanol–water partition coefficient (Wildman–Crippen LogP) is 4.08. The highest BCUT2D eigenvalue weighted by Gasteiger charge is 2.77. The highest BCUT2D eigenvalue weighted by molar-refractivity contribution is 9.09. The fraction of sp³-hybridized carbons (Fsp3) is 0.600. The summed E-state index contributed by atoms with van der Waals surface area (Å²) in [4.78, 5) is 58.6. The second-order valence-corrected chi connectivity index (χ2v) is 14.0. The molecule has 3 saturated heterocycles. The molecule has 0 radical (unpaired) electrons. The van der Waals surface area contributed by atoms with Gasteiger partial charge in [-0.3, -0.25) is 19.2 Å². The lowest BCUT2D eigenvalue weighted by molar-refractivity contribution is -0.162. The number of amides is 3. The molecule has 1 spiro atoms. The summed E-state index contributed by atoms with van der Waals surface area (Å²) in [5, 5.41) is 12.3. The lowest BCUT2D eigenvalue weighted by Gasteiger charge is -2.38. The van der Waals surface area contributed by atoms with Crippen molar-refractivity contribution in [1.82, 2.24) is 15.1 Å². The Kier molecular flexibility index (Phi) is 12.2. The Bertz CT molecular complexity index is 1280. The monoisotopic (exact) mass is 701 g/mol. The van der Waals surface area contributed by atoms with Crippen molar-refractivity contribution < 1.29 is 33.8 Å².